The lowest BCUT2D eigenvalue weighted by atomic mass is 10.2. The van der Waals surface area contributed by atoms with Gasteiger partial charge in [-0.3, -0.25) is 5.10 Å². The molecule has 3 aromatic rings. The highest BCUT2D eigenvalue weighted by Gasteiger charge is 2.16. The molecule has 0 amide bonds. The van der Waals surface area contributed by atoms with Gasteiger partial charge < -0.3 is 14.2 Å². The highest BCUT2D eigenvalue weighted by molar-refractivity contribution is 7.13. The van der Waals surface area contributed by atoms with Gasteiger partial charge in [0.25, 0.3) is 0 Å². The first kappa shape index (κ1) is 18.9. The summed E-state index contributed by atoms with van der Waals surface area (Å²) in [5.41, 5.74) is 2.70. The highest BCUT2D eigenvalue weighted by Crippen LogP contribution is 2.39. The normalized spacial score (nSPS) is 10.6. The SMILES string of the molecule is CCCc1cc(C(=O)OCc2csc(-c3cccc(OC)c3OC)n2)n[nH]1. The lowest BCUT2D eigenvalue weighted by molar-refractivity contribution is 0.0461. The van der Waals surface area contributed by atoms with Crippen molar-refractivity contribution in [3.8, 4) is 22.1 Å². The number of carbonyl (C=O) groups excluding carboxylic acids is 1. The molecular formula is C19H21N3O4S. The predicted octanol–water partition coefficient (Wildman–Crippen LogP) is 3.86. The molecule has 0 aliphatic heterocycles. The minimum Gasteiger partial charge on any atom is -0.493 e. The average molecular weight is 387 g/mol. The van der Waals surface area contributed by atoms with Crippen molar-refractivity contribution in [2.75, 3.05) is 14.2 Å². The number of hydrogen-bond donors (Lipinski definition) is 1. The molecule has 0 saturated carbocycles. The molecule has 1 aromatic carbocycles. The van der Waals surface area contributed by atoms with Crippen molar-refractivity contribution in [2.24, 2.45) is 0 Å². The Morgan fingerprint density at radius 3 is 2.85 bits per heavy atom. The minimum atomic E-state index is -0.470. The van der Waals surface area contributed by atoms with Gasteiger partial charge in [0, 0.05) is 11.1 Å². The topological polar surface area (TPSA) is 86.3 Å². The fourth-order valence-electron chi connectivity index (χ4n) is 2.63. The molecule has 0 aliphatic rings. The lowest BCUT2D eigenvalue weighted by Gasteiger charge is -2.10. The maximum Gasteiger partial charge on any atom is 0.359 e. The number of H-pyrrole nitrogens is 1. The molecule has 0 radical (unpaired) electrons. The number of nitrogens with one attached hydrogen (secondary N) is 1. The van der Waals surface area contributed by atoms with Gasteiger partial charge >= 0.3 is 5.97 Å². The van der Waals surface area contributed by atoms with E-state index in [-0.39, 0.29) is 12.3 Å². The third kappa shape index (κ3) is 4.28. The van der Waals surface area contributed by atoms with Gasteiger partial charge in [-0.05, 0) is 24.6 Å². The van der Waals surface area contributed by atoms with Gasteiger partial charge in [0.15, 0.2) is 17.2 Å². The molecule has 2 aromatic heterocycles. The number of aromatic nitrogens is 3. The number of carbonyl (C=O) groups is 1. The molecule has 0 saturated heterocycles. The van der Waals surface area contributed by atoms with E-state index in [2.05, 4.69) is 22.1 Å². The molecule has 0 aliphatic carbocycles. The average Bonchev–Trinajstić information content (AvgIpc) is 3.35. The molecule has 0 atom stereocenters. The van der Waals surface area contributed by atoms with Crippen LogP contribution in [-0.4, -0.2) is 35.4 Å². The summed E-state index contributed by atoms with van der Waals surface area (Å²) in [7, 11) is 3.18. The van der Waals surface area contributed by atoms with Gasteiger partial charge in [0.1, 0.15) is 11.6 Å². The van der Waals surface area contributed by atoms with Crippen molar-refractivity contribution in [2.45, 2.75) is 26.4 Å². The molecule has 8 heteroatoms. The first-order valence-corrected chi connectivity index (χ1v) is 9.41. The second-order valence-electron chi connectivity index (χ2n) is 5.79. The molecular weight excluding hydrogens is 366 g/mol. The number of thiazole rings is 1. The van der Waals surface area contributed by atoms with Gasteiger partial charge in [-0.15, -0.1) is 11.3 Å². The van der Waals surface area contributed by atoms with Crippen LogP contribution in [0.15, 0.2) is 29.6 Å². The Morgan fingerprint density at radius 1 is 1.26 bits per heavy atom. The number of esters is 1. The van der Waals surface area contributed by atoms with Gasteiger partial charge in [-0.1, -0.05) is 19.4 Å². The van der Waals surface area contributed by atoms with Gasteiger partial charge in [-0.2, -0.15) is 5.10 Å². The molecule has 1 N–H and O–H groups in total. The van der Waals surface area contributed by atoms with Crippen molar-refractivity contribution in [3.63, 3.8) is 0 Å². The monoisotopic (exact) mass is 387 g/mol. The van der Waals surface area contributed by atoms with E-state index >= 15 is 0 Å². The maximum atomic E-state index is 12.1. The molecule has 27 heavy (non-hydrogen) atoms. The Balaban J connectivity index is 1.68. The fraction of sp³-hybridized carbons (Fsp3) is 0.316. The fourth-order valence-corrected chi connectivity index (χ4v) is 3.46. The van der Waals surface area contributed by atoms with Crippen LogP contribution in [0.2, 0.25) is 0 Å². The van der Waals surface area contributed by atoms with E-state index in [1.807, 2.05) is 23.6 Å². The second-order valence-corrected chi connectivity index (χ2v) is 6.65. The zero-order valence-corrected chi connectivity index (χ0v) is 16.3. The standard InChI is InChI=1S/C19H21N3O4S/c1-4-6-12-9-15(22-21-12)19(23)26-10-13-11-27-18(20-13)14-7-5-8-16(24-2)17(14)25-3/h5,7-9,11H,4,6,10H2,1-3H3,(H,21,22). The van der Waals surface area contributed by atoms with Crippen LogP contribution in [0.25, 0.3) is 10.6 Å². The van der Waals surface area contributed by atoms with Crippen molar-refractivity contribution < 1.29 is 19.0 Å². The number of para-hydroxylation sites is 1. The summed E-state index contributed by atoms with van der Waals surface area (Å²) < 4.78 is 16.1. The van der Waals surface area contributed by atoms with Crippen LogP contribution in [0.5, 0.6) is 11.5 Å². The molecule has 0 bridgehead atoms. The number of nitrogens with zero attached hydrogens (tertiary/aromatic N) is 2. The summed E-state index contributed by atoms with van der Waals surface area (Å²) in [6, 6.07) is 7.34. The minimum absolute atomic E-state index is 0.0809. The third-order valence-electron chi connectivity index (χ3n) is 3.90. The number of hydrogen-bond acceptors (Lipinski definition) is 7. The first-order chi connectivity index (χ1) is 13.2. The Bertz CT molecular complexity index is 919. The Morgan fingerprint density at radius 2 is 2.11 bits per heavy atom. The molecule has 0 unspecified atom stereocenters. The molecule has 0 spiro atoms. The molecule has 7 nitrogen and oxygen atoms in total. The number of methoxy groups -OCH3 is 2. The highest BCUT2D eigenvalue weighted by atomic mass is 32.1. The van der Waals surface area contributed by atoms with Crippen LogP contribution in [0.3, 0.4) is 0 Å². The number of aromatic amines is 1. The zero-order valence-electron chi connectivity index (χ0n) is 15.4. The summed E-state index contributed by atoms with van der Waals surface area (Å²) in [6.07, 6.45) is 1.82. The number of rotatable bonds is 8. The van der Waals surface area contributed by atoms with E-state index in [0.717, 1.165) is 29.1 Å². The van der Waals surface area contributed by atoms with Crippen molar-refractivity contribution in [1.82, 2.24) is 15.2 Å². The summed E-state index contributed by atoms with van der Waals surface area (Å²) in [6.45, 7) is 2.15. The van der Waals surface area contributed by atoms with Crippen LogP contribution in [0.4, 0.5) is 0 Å². The van der Waals surface area contributed by atoms with Crippen molar-refractivity contribution in [3.05, 3.63) is 46.7 Å². The van der Waals surface area contributed by atoms with Gasteiger partial charge in [0.05, 0.1) is 25.5 Å². The van der Waals surface area contributed by atoms with E-state index in [1.54, 1.807) is 20.3 Å². The molecule has 3 rings (SSSR count). The third-order valence-corrected chi connectivity index (χ3v) is 4.82. The van der Waals surface area contributed by atoms with E-state index in [9.17, 15) is 4.79 Å². The van der Waals surface area contributed by atoms with E-state index in [0.29, 0.717) is 17.2 Å². The smallest absolute Gasteiger partial charge is 0.359 e. The molecule has 142 valence electrons. The zero-order chi connectivity index (χ0) is 19.2. The van der Waals surface area contributed by atoms with Gasteiger partial charge in [0.2, 0.25) is 0 Å². The van der Waals surface area contributed by atoms with Crippen LogP contribution in [0, 0.1) is 0 Å². The quantitative estimate of drug-likeness (QED) is 0.591. The van der Waals surface area contributed by atoms with Crippen molar-refractivity contribution in [1.29, 1.82) is 0 Å². The predicted molar refractivity (Wildman–Crippen MR) is 102 cm³/mol. The first-order valence-electron chi connectivity index (χ1n) is 8.53. The van der Waals surface area contributed by atoms with Crippen molar-refractivity contribution >= 4 is 17.3 Å². The number of ether oxygens (including phenoxy) is 3. The number of aryl methyl sites for hydroxylation is 1. The lowest BCUT2D eigenvalue weighted by Crippen LogP contribution is -2.06. The van der Waals surface area contributed by atoms with E-state index < -0.39 is 5.97 Å². The maximum absolute atomic E-state index is 12.1. The summed E-state index contributed by atoms with van der Waals surface area (Å²) in [5.74, 6) is 0.791. The molecule has 2 heterocycles. The Hall–Kier alpha value is -2.87. The second kappa shape index (κ2) is 8.68. The van der Waals surface area contributed by atoms with Gasteiger partial charge in [-0.25, -0.2) is 9.78 Å². The Kier molecular flexibility index (Phi) is 6.08. The van der Waals surface area contributed by atoms with Crippen LogP contribution in [0.1, 0.15) is 35.2 Å². The Labute approximate surface area is 161 Å². The number of benzene rings is 1. The van der Waals surface area contributed by atoms with Crippen LogP contribution < -0.4 is 9.47 Å². The van der Waals surface area contributed by atoms with E-state index in [4.69, 9.17) is 14.2 Å². The summed E-state index contributed by atoms with van der Waals surface area (Å²) in [4.78, 5) is 16.7. The van der Waals surface area contributed by atoms with E-state index in [1.165, 1.54) is 11.3 Å². The van der Waals surface area contributed by atoms with Crippen LogP contribution >= 0.6 is 11.3 Å². The largest absolute Gasteiger partial charge is 0.493 e. The molecule has 0 fully saturated rings. The van der Waals surface area contributed by atoms with Crippen LogP contribution in [-0.2, 0) is 17.8 Å². The summed E-state index contributed by atoms with van der Waals surface area (Å²) in [5, 5.41) is 9.46. The summed E-state index contributed by atoms with van der Waals surface area (Å²) >= 11 is 1.45.